The first-order valence-corrected chi connectivity index (χ1v) is 9.18. The molecule has 2 aromatic heterocycles. The van der Waals surface area contributed by atoms with Gasteiger partial charge in [0.2, 0.25) is 0 Å². The second-order valence-electron chi connectivity index (χ2n) is 7.27. The highest BCUT2D eigenvalue weighted by atomic mass is 16.2. The van der Waals surface area contributed by atoms with E-state index in [1.807, 2.05) is 23.2 Å². The fourth-order valence-corrected chi connectivity index (χ4v) is 3.83. The van der Waals surface area contributed by atoms with Crippen LogP contribution in [0.3, 0.4) is 0 Å². The summed E-state index contributed by atoms with van der Waals surface area (Å²) in [5.74, 6) is 0.718. The summed E-state index contributed by atoms with van der Waals surface area (Å²) in [7, 11) is 0. The van der Waals surface area contributed by atoms with Gasteiger partial charge in [-0.25, -0.2) is 0 Å². The third-order valence-corrected chi connectivity index (χ3v) is 5.37. The lowest BCUT2D eigenvalue weighted by atomic mass is 9.87. The lowest BCUT2D eigenvalue weighted by Gasteiger charge is -2.34. The molecule has 0 spiro atoms. The number of hydrogen-bond donors (Lipinski definition) is 1. The second-order valence-corrected chi connectivity index (χ2v) is 7.27. The molecule has 3 heterocycles. The Bertz CT molecular complexity index is 734. The van der Waals surface area contributed by atoms with Gasteiger partial charge in [0.25, 0.3) is 5.91 Å². The van der Waals surface area contributed by atoms with Gasteiger partial charge < -0.3 is 4.90 Å². The molecule has 1 fully saturated rings. The monoisotopic (exact) mass is 339 g/mol. The number of nitrogens with one attached hydrogen (secondary N) is 1. The van der Waals surface area contributed by atoms with E-state index in [0.29, 0.717) is 11.6 Å². The van der Waals surface area contributed by atoms with Crippen molar-refractivity contribution in [2.45, 2.75) is 32.7 Å². The van der Waals surface area contributed by atoms with E-state index in [2.05, 4.69) is 33.1 Å². The first-order chi connectivity index (χ1) is 12.2. The van der Waals surface area contributed by atoms with Gasteiger partial charge in [-0.1, -0.05) is 13.0 Å². The highest BCUT2D eigenvalue weighted by molar-refractivity contribution is 5.94. The SMILES string of the molecule is C[C@H]1CCc2[nH]nc(C(=O)N3CCN(Cc4ccccn4)CC3)c2C1. The van der Waals surface area contributed by atoms with Crippen molar-refractivity contribution in [2.75, 3.05) is 26.2 Å². The van der Waals surface area contributed by atoms with E-state index >= 15 is 0 Å². The minimum Gasteiger partial charge on any atom is -0.335 e. The van der Waals surface area contributed by atoms with E-state index in [4.69, 9.17) is 0 Å². The topological polar surface area (TPSA) is 65.1 Å². The van der Waals surface area contributed by atoms with E-state index in [0.717, 1.165) is 62.5 Å². The van der Waals surface area contributed by atoms with Crippen LogP contribution in [0.4, 0.5) is 0 Å². The molecular formula is C19H25N5O. The molecule has 1 amide bonds. The molecule has 1 aliphatic heterocycles. The van der Waals surface area contributed by atoms with E-state index in [-0.39, 0.29) is 5.91 Å². The number of rotatable bonds is 3. The molecule has 0 bridgehead atoms. The van der Waals surface area contributed by atoms with Gasteiger partial charge in [-0.3, -0.25) is 19.8 Å². The predicted molar refractivity (Wildman–Crippen MR) is 95.2 cm³/mol. The predicted octanol–water partition coefficient (Wildman–Crippen LogP) is 1.89. The van der Waals surface area contributed by atoms with E-state index in [1.54, 1.807) is 0 Å². The number of nitrogens with zero attached hydrogens (tertiary/aromatic N) is 4. The maximum Gasteiger partial charge on any atom is 0.274 e. The third-order valence-electron chi connectivity index (χ3n) is 5.37. The summed E-state index contributed by atoms with van der Waals surface area (Å²) in [5.41, 5.74) is 4.05. The lowest BCUT2D eigenvalue weighted by molar-refractivity contribution is 0.0620. The highest BCUT2D eigenvalue weighted by Crippen LogP contribution is 2.27. The van der Waals surface area contributed by atoms with Crippen LogP contribution in [0.25, 0.3) is 0 Å². The minimum atomic E-state index is 0.0871. The number of hydrogen-bond acceptors (Lipinski definition) is 4. The molecule has 2 aliphatic rings. The fraction of sp³-hybridized carbons (Fsp3) is 0.526. The number of aromatic nitrogens is 3. The molecule has 1 saturated heterocycles. The Morgan fingerprint density at radius 3 is 2.88 bits per heavy atom. The summed E-state index contributed by atoms with van der Waals surface area (Å²) in [4.78, 5) is 21.6. The molecule has 0 unspecified atom stereocenters. The molecule has 132 valence electrons. The van der Waals surface area contributed by atoms with Crippen LogP contribution in [0.5, 0.6) is 0 Å². The summed E-state index contributed by atoms with van der Waals surface area (Å²) in [6.07, 6.45) is 4.98. The Kier molecular flexibility index (Phi) is 4.53. The van der Waals surface area contributed by atoms with Crippen molar-refractivity contribution in [1.29, 1.82) is 0 Å². The number of piperazine rings is 1. The van der Waals surface area contributed by atoms with Gasteiger partial charge in [0.05, 0.1) is 5.69 Å². The number of fused-ring (bicyclic) bond motifs is 1. The van der Waals surface area contributed by atoms with Gasteiger partial charge in [-0.05, 0) is 37.3 Å². The molecule has 4 rings (SSSR count). The molecule has 1 N–H and O–H groups in total. The number of carbonyl (C=O) groups excluding carboxylic acids is 1. The summed E-state index contributed by atoms with van der Waals surface area (Å²) >= 11 is 0. The zero-order valence-electron chi connectivity index (χ0n) is 14.7. The average Bonchev–Trinajstić information content (AvgIpc) is 3.05. The molecular weight excluding hydrogens is 314 g/mol. The Morgan fingerprint density at radius 1 is 1.28 bits per heavy atom. The zero-order valence-corrected chi connectivity index (χ0v) is 14.7. The summed E-state index contributed by atoms with van der Waals surface area (Å²) in [6.45, 7) is 6.36. The summed E-state index contributed by atoms with van der Waals surface area (Å²) in [6, 6.07) is 6.00. The Hall–Kier alpha value is -2.21. The Balaban J connectivity index is 1.38. The van der Waals surface area contributed by atoms with E-state index in [1.165, 1.54) is 6.42 Å². The lowest BCUT2D eigenvalue weighted by Crippen LogP contribution is -2.48. The van der Waals surface area contributed by atoms with Crippen LogP contribution < -0.4 is 0 Å². The quantitative estimate of drug-likeness (QED) is 0.927. The van der Waals surface area contributed by atoms with Crippen LogP contribution in [0.1, 0.15) is 40.8 Å². The Morgan fingerprint density at radius 2 is 2.12 bits per heavy atom. The van der Waals surface area contributed by atoms with Crippen LogP contribution in [0.15, 0.2) is 24.4 Å². The Labute approximate surface area is 148 Å². The van der Waals surface area contributed by atoms with Crippen LogP contribution in [0, 0.1) is 5.92 Å². The van der Waals surface area contributed by atoms with Gasteiger partial charge in [-0.15, -0.1) is 0 Å². The van der Waals surface area contributed by atoms with Crippen molar-refractivity contribution >= 4 is 5.91 Å². The molecule has 1 atom stereocenters. The zero-order chi connectivity index (χ0) is 17.2. The van der Waals surface area contributed by atoms with Gasteiger partial charge in [0.1, 0.15) is 0 Å². The van der Waals surface area contributed by atoms with Crippen LogP contribution in [-0.4, -0.2) is 57.1 Å². The van der Waals surface area contributed by atoms with Crippen molar-refractivity contribution < 1.29 is 4.79 Å². The highest BCUT2D eigenvalue weighted by Gasteiger charge is 2.29. The average molecular weight is 339 g/mol. The smallest absolute Gasteiger partial charge is 0.274 e. The number of amides is 1. The van der Waals surface area contributed by atoms with Crippen molar-refractivity contribution in [1.82, 2.24) is 25.0 Å². The fourth-order valence-electron chi connectivity index (χ4n) is 3.83. The standard InChI is InChI=1S/C19H25N5O/c1-14-5-6-17-16(12-14)18(22-21-17)19(25)24-10-8-23(9-11-24)13-15-4-2-3-7-20-15/h2-4,7,14H,5-6,8-13H2,1H3,(H,21,22)/t14-/m0/s1. The molecule has 0 radical (unpaired) electrons. The van der Waals surface area contributed by atoms with Crippen LogP contribution in [0.2, 0.25) is 0 Å². The molecule has 25 heavy (non-hydrogen) atoms. The number of H-pyrrole nitrogens is 1. The minimum absolute atomic E-state index is 0.0871. The number of pyridine rings is 1. The third kappa shape index (κ3) is 3.44. The van der Waals surface area contributed by atoms with Crippen LogP contribution >= 0.6 is 0 Å². The second kappa shape index (κ2) is 6.96. The van der Waals surface area contributed by atoms with Gasteiger partial charge >= 0.3 is 0 Å². The maximum absolute atomic E-state index is 12.9. The molecule has 1 aliphatic carbocycles. The first kappa shape index (κ1) is 16.3. The number of carbonyl (C=O) groups is 1. The summed E-state index contributed by atoms with van der Waals surface area (Å²) < 4.78 is 0. The van der Waals surface area contributed by atoms with Crippen molar-refractivity contribution in [3.8, 4) is 0 Å². The van der Waals surface area contributed by atoms with Gasteiger partial charge in [0.15, 0.2) is 5.69 Å². The molecule has 2 aromatic rings. The molecule has 6 heteroatoms. The molecule has 6 nitrogen and oxygen atoms in total. The van der Waals surface area contributed by atoms with Crippen molar-refractivity contribution in [3.63, 3.8) is 0 Å². The van der Waals surface area contributed by atoms with Gasteiger partial charge in [0, 0.05) is 50.2 Å². The maximum atomic E-state index is 12.9. The van der Waals surface area contributed by atoms with E-state index < -0.39 is 0 Å². The summed E-state index contributed by atoms with van der Waals surface area (Å²) in [5, 5.41) is 7.45. The van der Waals surface area contributed by atoms with Gasteiger partial charge in [-0.2, -0.15) is 5.10 Å². The molecule has 0 aromatic carbocycles. The first-order valence-electron chi connectivity index (χ1n) is 9.18. The number of aryl methyl sites for hydroxylation is 1. The van der Waals surface area contributed by atoms with Crippen molar-refractivity contribution in [3.05, 3.63) is 47.0 Å². The normalized spacial score (nSPS) is 21.2. The molecule has 0 saturated carbocycles. The van der Waals surface area contributed by atoms with E-state index in [9.17, 15) is 4.79 Å². The van der Waals surface area contributed by atoms with Crippen LogP contribution in [-0.2, 0) is 19.4 Å². The van der Waals surface area contributed by atoms with Crippen molar-refractivity contribution in [2.24, 2.45) is 5.92 Å². The largest absolute Gasteiger partial charge is 0.335 e. The number of aromatic amines is 1.